The van der Waals surface area contributed by atoms with Gasteiger partial charge in [-0.25, -0.2) is 0 Å². The molecule has 0 aliphatic carbocycles. The lowest BCUT2D eigenvalue weighted by molar-refractivity contribution is -0.0498. The van der Waals surface area contributed by atoms with Gasteiger partial charge in [-0.05, 0) is 24.6 Å². The minimum absolute atomic E-state index is 0.00161. The summed E-state index contributed by atoms with van der Waals surface area (Å²) in [7, 11) is 0. The second-order valence-corrected chi connectivity index (χ2v) is 3.91. The highest BCUT2D eigenvalue weighted by Gasteiger charge is 2.22. The molecule has 0 amide bonds. The number of rotatable bonds is 4. The third-order valence-electron chi connectivity index (χ3n) is 2.17. The molecule has 3 N–H and O–H groups in total. The van der Waals surface area contributed by atoms with E-state index in [2.05, 4.69) is 4.74 Å². The summed E-state index contributed by atoms with van der Waals surface area (Å²) in [4.78, 5) is 0. The molecule has 16 heavy (non-hydrogen) atoms. The first-order chi connectivity index (χ1) is 7.36. The number of alkyl halides is 2. The summed E-state index contributed by atoms with van der Waals surface area (Å²) >= 11 is 5.73. The highest BCUT2D eigenvalue weighted by atomic mass is 35.5. The summed E-state index contributed by atoms with van der Waals surface area (Å²) in [6.45, 7) is -1.43. The fourth-order valence-corrected chi connectivity index (χ4v) is 1.37. The molecular formula is C10H12ClF2NO2. The van der Waals surface area contributed by atoms with Crippen LogP contribution in [-0.2, 0) is 5.60 Å². The maximum Gasteiger partial charge on any atom is 0.387 e. The van der Waals surface area contributed by atoms with Crippen molar-refractivity contribution in [1.29, 1.82) is 0 Å². The Hall–Kier alpha value is -0.910. The van der Waals surface area contributed by atoms with Gasteiger partial charge in [0.1, 0.15) is 5.75 Å². The van der Waals surface area contributed by atoms with Gasteiger partial charge in [0.2, 0.25) is 0 Å². The van der Waals surface area contributed by atoms with Gasteiger partial charge in [0, 0.05) is 6.54 Å². The molecule has 1 atom stereocenters. The number of ether oxygens (including phenoxy) is 1. The lowest BCUT2D eigenvalue weighted by Crippen LogP contribution is -2.31. The van der Waals surface area contributed by atoms with Gasteiger partial charge in [-0.3, -0.25) is 0 Å². The van der Waals surface area contributed by atoms with Crippen LogP contribution < -0.4 is 10.5 Å². The van der Waals surface area contributed by atoms with Crippen molar-refractivity contribution in [2.75, 3.05) is 6.54 Å². The van der Waals surface area contributed by atoms with Gasteiger partial charge in [-0.2, -0.15) is 8.78 Å². The maximum atomic E-state index is 12.0. The number of nitrogens with two attached hydrogens (primary N) is 1. The van der Waals surface area contributed by atoms with Gasteiger partial charge in [-0.15, -0.1) is 0 Å². The summed E-state index contributed by atoms with van der Waals surface area (Å²) < 4.78 is 28.1. The molecule has 1 aromatic carbocycles. The minimum Gasteiger partial charge on any atom is -0.433 e. The van der Waals surface area contributed by atoms with E-state index >= 15 is 0 Å². The van der Waals surface area contributed by atoms with Crippen molar-refractivity contribution < 1.29 is 18.6 Å². The van der Waals surface area contributed by atoms with Gasteiger partial charge in [0.15, 0.2) is 0 Å². The number of hydrogen-bond donors (Lipinski definition) is 2. The van der Waals surface area contributed by atoms with Gasteiger partial charge in [0.05, 0.1) is 10.6 Å². The Bertz CT molecular complexity index is 372. The molecule has 0 aliphatic heterocycles. The summed E-state index contributed by atoms with van der Waals surface area (Å²) in [5.74, 6) is -0.131. The molecule has 0 bridgehead atoms. The molecule has 0 aliphatic rings. The third-order valence-corrected chi connectivity index (χ3v) is 2.46. The Kier molecular flexibility index (Phi) is 4.07. The second kappa shape index (κ2) is 4.95. The standard InChI is InChI=1S/C10H12ClF2NO2/c1-10(15,5-14)6-2-3-8(7(11)4-6)16-9(12)13/h2-4,9,15H,5,14H2,1H3. The molecule has 0 saturated heterocycles. The van der Waals surface area contributed by atoms with E-state index in [-0.39, 0.29) is 17.3 Å². The highest BCUT2D eigenvalue weighted by Crippen LogP contribution is 2.30. The Morgan fingerprint density at radius 2 is 2.19 bits per heavy atom. The van der Waals surface area contributed by atoms with Crippen molar-refractivity contribution in [1.82, 2.24) is 0 Å². The SMILES string of the molecule is CC(O)(CN)c1ccc(OC(F)F)c(Cl)c1. The number of halogens is 3. The van der Waals surface area contributed by atoms with Crippen molar-refractivity contribution >= 4 is 11.6 Å². The van der Waals surface area contributed by atoms with E-state index in [1.165, 1.54) is 25.1 Å². The molecule has 0 heterocycles. The van der Waals surface area contributed by atoms with Gasteiger partial charge in [0.25, 0.3) is 0 Å². The van der Waals surface area contributed by atoms with E-state index in [9.17, 15) is 13.9 Å². The summed E-state index contributed by atoms with van der Waals surface area (Å²) in [6.07, 6.45) is 0. The van der Waals surface area contributed by atoms with Gasteiger partial charge < -0.3 is 15.6 Å². The summed E-state index contributed by atoms with van der Waals surface area (Å²) in [6, 6.07) is 4.07. The topological polar surface area (TPSA) is 55.5 Å². The normalized spacial score (nSPS) is 14.9. The minimum atomic E-state index is -2.93. The molecule has 1 aromatic rings. The van der Waals surface area contributed by atoms with Crippen molar-refractivity contribution in [3.8, 4) is 5.75 Å². The quantitative estimate of drug-likeness (QED) is 0.862. The van der Waals surface area contributed by atoms with Gasteiger partial charge in [-0.1, -0.05) is 17.7 Å². The van der Waals surface area contributed by atoms with Crippen LogP contribution in [0.15, 0.2) is 18.2 Å². The fourth-order valence-electron chi connectivity index (χ4n) is 1.15. The van der Waals surface area contributed by atoms with E-state index in [1.54, 1.807) is 0 Å². The molecule has 3 nitrogen and oxygen atoms in total. The molecule has 90 valence electrons. The van der Waals surface area contributed by atoms with Crippen molar-refractivity contribution in [2.24, 2.45) is 5.73 Å². The Morgan fingerprint density at radius 3 is 2.62 bits per heavy atom. The molecule has 0 fully saturated rings. The van der Waals surface area contributed by atoms with Crippen LogP contribution in [0.3, 0.4) is 0 Å². The van der Waals surface area contributed by atoms with Crippen LogP contribution in [0.1, 0.15) is 12.5 Å². The van der Waals surface area contributed by atoms with Crippen LogP contribution in [0.2, 0.25) is 5.02 Å². The summed E-state index contributed by atoms with van der Waals surface area (Å²) in [5.41, 5.74) is 4.57. The Morgan fingerprint density at radius 1 is 1.56 bits per heavy atom. The van der Waals surface area contributed by atoms with Crippen LogP contribution in [0.25, 0.3) is 0 Å². The predicted molar refractivity (Wildman–Crippen MR) is 56.7 cm³/mol. The molecule has 0 aromatic heterocycles. The van der Waals surface area contributed by atoms with E-state index < -0.39 is 12.2 Å². The van der Waals surface area contributed by atoms with Crippen LogP contribution in [0.5, 0.6) is 5.75 Å². The monoisotopic (exact) mass is 251 g/mol. The Balaban J connectivity index is 2.99. The van der Waals surface area contributed by atoms with E-state index in [1.807, 2.05) is 0 Å². The van der Waals surface area contributed by atoms with Crippen molar-refractivity contribution in [3.05, 3.63) is 28.8 Å². The lowest BCUT2D eigenvalue weighted by Gasteiger charge is -2.22. The van der Waals surface area contributed by atoms with E-state index in [0.29, 0.717) is 5.56 Å². The Labute approximate surface area is 96.8 Å². The van der Waals surface area contributed by atoms with Gasteiger partial charge >= 0.3 is 6.61 Å². The molecule has 0 spiro atoms. The third kappa shape index (κ3) is 3.04. The van der Waals surface area contributed by atoms with E-state index in [4.69, 9.17) is 17.3 Å². The zero-order valence-corrected chi connectivity index (χ0v) is 9.34. The van der Waals surface area contributed by atoms with Crippen LogP contribution in [-0.4, -0.2) is 18.3 Å². The van der Waals surface area contributed by atoms with Crippen LogP contribution >= 0.6 is 11.6 Å². The molecule has 0 saturated carbocycles. The van der Waals surface area contributed by atoms with Crippen molar-refractivity contribution in [2.45, 2.75) is 19.1 Å². The van der Waals surface area contributed by atoms with Crippen molar-refractivity contribution in [3.63, 3.8) is 0 Å². The first-order valence-electron chi connectivity index (χ1n) is 4.54. The second-order valence-electron chi connectivity index (χ2n) is 3.50. The predicted octanol–water partition coefficient (Wildman–Crippen LogP) is 2.11. The highest BCUT2D eigenvalue weighted by molar-refractivity contribution is 6.32. The van der Waals surface area contributed by atoms with E-state index in [0.717, 1.165) is 0 Å². The zero-order valence-electron chi connectivity index (χ0n) is 8.58. The zero-order chi connectivity index (χ0) is 12.3. The molecule has 0 radical (unpaired) electrons. The maximum absolute atomic E-state index is 12.0. The molecule has 1 unspecified atom stereocenters. The molecular weight excluding hydrogens is 240 g/mol. The molecule has 1 rings (SSSR count). The fraction of sp³-hybridized carbons (Fsp3) is 0.400. The summed E-state index contributed by atoms with van der Waals surface area (Å²) in [5, 5.41) is 9.83. The van der Waals surface area contributed by atoms with Crippen LogP contribution in [0, 0.1) is 0 Å². The average Bonchev–Trinajstić information content (AvgIpc) is 2.20. The largest absolute Gasteiger partial charge is 0.433 e. The van der Waals surface area contributed by atoms with Crippen LogP contribution in [0.4, 0.5) is 8.78 Å². The first kappa shape index (κ1) is 13.2. The number of hydrogen-bond acceptors (Lipinski definition) is 3. The number of benzene rings is 1. The lowest BCUT2D eigenvalue weighted by atomic mass is 9.96. The average molecular weight is 252 g/mol. The smallest absolute Gasteiger partial charge is 0.387 e. The number of aliphatic hydroxyl groups is 1. The molecule has 6 heteroatoms. The first-order valence-corrected chi connectivity index (χ1v) is 4.92.